The lowest BCUT2D eigenvalue weighted by Gasteiger charge is -2.26. The molecule has 1 heterocycles. The summed E-state index contributed by atoms with van der Waals surface area (Å²) < 4.78 is 1.89. The quantitative estimate of drug-likeness (QED) is 0.761. The SMILES string of the molecule is Cc1csc(=O)n1CCN(CC(C)C)CC(C)C. The zero-order valence-electron chi connectivity index (χ0n) is 12.3. The van der Waals surface area contributed by atoms with E-state index in [0.29, 0.717) is 11.8 Å². The first-order valence-electron chi connectivity index (χ1n) is 6.77. The van der Waals surface area contributed by atoms with Gasteiger partial charge in [-0.1, -0.05) is 39.0 Å². The van der Waals surface area contributed by atoms with Crippen LogP contribution in [0, 0.1) is 18.8 Å². The Morgan fingerprint density at radius 3 is 2.17 bits per heavy atom. The van der Waals surface area contributed by atoms with E-state index in [9.17, 15) is 4.79 Å². The van der Waals surface area contributed by atoms with Crippen molar-refractivity contribution in [3.8, 4) is 0 Å². The van der Waals surface area contributed by atoms with E-state index in [-0.39, 0.29) is 4.87 Å². The van der Waals surface area contributed by atoms with E-state index in [1.54, 1.807) is 0 Å². The largest absolute Gasteiger partial charge is 0.307 e. The van der Waals surface area contributed by atoms with Gasteiger partial charge >= 0.3 is 4.87 Å². The van der Waals surface area contributed by atoms with Crippen LogP contribution in [-0.2, 0) is 6.54 Å². The summed E-state index contributed by atoms with van der Waals surface area (Å²) in [7, 11) is 0. The van der Waals surface area contributed by atoms with Gasteiger partial charge in [0.15, 0.2) is 0 Å². The summed E-state index contributed by atoms with van der Waals surface area (Å²) in [5.41, 5.74) is 1.08. The second-order valence-corrected chi connectivity index (χ2v) is 6.66. The molecule has 0 unspecified atom stereocenters. The lowest BCUT2D eigenvalue weighted by atomic mass is 10.1. The third-order valence-electron chi connectivity index (χ3n) is 2.86. The van der Waals surface area contributed by atoms with Gasteiger partial charge in [0.2, 0.25) is 0 Å². The van der Waals surface area contributed by atoms with Crippen molar-refractivity contribution in [3.63, 3.8) is 0 Å². The summed E-state index contributed by atoms with van der Waals surface area (Å²) >= 11 is 1.30. The summed E-state index contributed by atoms with van der Waals surface area (Å²) in [4.78, 5) is 14.3. The van der Waals surface area contributed by atoms with Crippen molar-refractivity contribution in [2.45, 2.75) is 41.2 Å². The van der Waals surface area contributed by atoms with Crippen molar-refractivity contribution < 1.29 is 0 Å². The van der Waals surface area contributed by atoms with Crippen LogP contribution in [0.1, 0.15) is 33.4 Å². The molecule has 1 rings (SSSR count). The molecule has 0 aromatic carbocycles. The maximum absolute atomic E-state index is 11.7. The summed E-state index contributed by atoms with van der Waals surface area (Å²) in [5.74, 6) is 1.34. The van der Waals surface area contributed by atoms with Crippen molar-refractivity contribution in [3.05, 3.63) is 20.7 Å². The fraction of sp³-hybridized carbons (Fsp3) is 0.786. The highest BCUT2D eigenvalue weighted by Crippen LogP contribution is 2.05. The predicted octanol–water partition coefficient (Wildman–Crippen LogP) is 2.83. The molecule has 18 heavy (non-hydrogen) atoms. The van der Waals surface area contributed by atoms with Gasteiger partial charge in [0.25, 0.3) is 0 Å². The third kappa shape index (κ3) is 4.94. The van der Waals surface area contributed by atoms with Crippen molar-refractivity contribution in [2.24, 2.45) is 11.8 Å². The molecule has 4 heteroatoms. The molecule has 0 saturated carbocycles. The first-order chi connectivity index (χ1) is 8.40. The highest BCUT2D eigenvalue weighted by Gasteiger charge is 2.11. The molecule has 0 aliphatic heterocycles. The number of nitrogens with zero attached hydrogens (tertiary/aromatic N) is 2. The first-order valence-corrected chi connectivity index (χ1v) is 7.65. The van der Waals surface area contributed by atoms with Gasteiger partial charge in [-0.15, -0.1) is 0 Å². The smallest absolute Gasteiger partial charge is 0.302 e. The Balaban J connectivity index is 2.58. The fourth-order valence-corrected chi connectivity index (χ4v) is 2.97. The lowest BCUT2D eigenvalue weighted by Crippen LogP contribution is -2.35. The monoisotopic (exact) mass is 270 g/mol. The molecule has 3 nitrogen and oxygen atoms in total. The van der Waals surface area contributed by atoms with Crippen molar-refractivity contribution in [1.29, 1.82) is 0 Å². The van der Waals surface area contributed by atoms with Crippen molar-refractivity contribution in [1.82, 2.24) is 9.47 Å². The van der Waals surface area contributed by atoms with E-state index in [4.69, 9.17) is 0 Å². The molecule has 104 valence electrons. The number of aryl methyl sites for hydroxylation is 1. The van der Waals surface area contributed by atoms with E-state index in [2.05, 4.69) is 32.6 Å². The van der Waals surface area contributed by atoms with E-state index in [1.165, 1.54) is 11.3 Å². The minimum atomic E-state index is 0.168. The Kier molecular flexibility index (Phi) is 6.09. The molecule has 1 aromatic rings. The molecule has 0 radical (unpaired) electrons. The van der Waals surface area contributed by atoms with E-state index in [0.717, 1.165) is 31.9 Å². The van der Waals surface area contributed by atoms with Gasteiger partial charge in [0.05, 0.1) is 0 Å². The molecule has 0 fully saturated rings. The van der Waals surface area contributed by atoms with Crippen LogP contribution in [0.5, 0.6) is 0 Å². The van der Waals surface area contributed by atoms with Gasteiger partial charge in [-0.2, -0.15) is 0 Å². The molecular weight excluding hydrogens is 244 g/mol. The van der Waals surface area contributed by atoms with Gasteiger partial charge < -0.3 is 9.47 Å². The molecule has 0 atom stereocenters. The Morgan fingerprint density at radius 1 is 1.22 bits per heavy atom. The van der Waals surface area contributed by atoms with Gasteiger partial charge in [-0.25, -0.2) is 0 Å². The Hall–Kier alpha value is -0.610. The molecule has 0 saturated heterocycles. The molecule has 0 aliphatic carbocycles. The van der Waals surface area contributed by atoms with E-state index >= 15 is 0 Å². The zero-order valence-corrected chi connectivity index (χ0v) is 13.1. The molecule has 0 amide bonds. The van der Waals surface area contributed by atoms with Crippen LogP contribution in [0.3, 0.4) is 0 Å². The number of hydrogen-bond acceptors (Lipinski definition) is 3. The first kappa shape index (κ1) is 15.4. The van der Waals surface area contributed by atoms with Crippen molar-refractivity contribution in [2.75, 3.05) is 19.6 Å². The second kappa shape index (κ2) is 7.10. The zero-order chi connectivity index (χ0) is 13.7. The summed E-state index contributed by atoms with van der Waals surface area (Å²) in [6, 6.07) is 0. The van der Waals surface area contributed by atoms with Gasteiger partial charge in [-0.05, 0) is 18.8 Å². The van der Waals surface area contributed by atoms with Crippen LogP contribution in [0.15, 0.2) is 10.2 Å². The Morgan fingerprint density at radius 2 is 1.78 bits per heavy atom. The number of thiazole rings is 1. The van der Waals surface area contributed by atoms with Crippen LogP contribution in [0.2, 0.25) is 0 Å². The van der Waals surface area contributed by atoms with Gasteiger partial charge in [0.1, 0.15) is 0 Å². The third-order valence-corrected chi connectivity index (χ3v) is 3.74. The molecule has 0 spiro atoms. The maximum Gasteiger partial charge on any atom is 0.307 e. The highest BCUT2D eigenvalue weighted by atomic mass is 32.1. The van der Waals surface area contributed by atoms with Gasteiger partial charge in [0, 0.05) is 37.3 Å². The van der Waals surface area contributed by atoms with Crippen LogP contribution >= 0.6 is 11.3 Å². The van der Waals surface area contributed by atoms with E-state index < -0.39 is 0 Å². The van der Waals surface area contributed by atoms with E-state index in [1.807, 2.05) is 16.9 Å². The Bertz CT molecular complexity index is 396. The minimum absolute atomic E-state index is 0.168. The van der Waals surface area contributed by atoms with Crippen LogP contribution in [0.4, 0.5) is 0 Å². The Labute approximate surface area is 114 Å². The molecule has 0 aliphatic rings. The predicted molar refractivity (Wildman–Crippen MR) is 79.4 cm³/mol. The standard InChI is InChI=1S/C14H26N2OS/c1-11(2)8-15(9-12(3)4)6-7-16-13(5)10-18-14(16)17/h10-12H,6-9H2,1-5H3. The summed E-state index contributed by atoms with van der Waals surface area (Å²) in [6.07, 6.45) is 0. The fourth-order valence-electron chi connectivity index (χ4n) is 2.21. The molecule has 1 aromatic heterocycles. The second-order valence-electron chi connectivity index (χ2n) is 5.84. The number of aromatic nitrogens is 1. The molecular formula is C14H26N2OS. The molecule has 0 N–H and O–H groups in total. The van der Waals surface area contributed by atoms with Crippen molar-refractivity contribution >= 4 is 11.3 Å². The topological polar surface area (TPSA) is 25.2 Å². The van der Waals surface area contributed by atoms with Crippen LogP contribution in [0.25, 0.3) is 0 Å². The van der Waals surface area contributed by atoms with Crippen LogP contribution < -0.4 is 4.87 Å². The average molecular weight is 270 g/mol. The molecule has 0 bridgehead atoms. The summed E-state index contributed by atoms with van der Waals surface area (Å²) in [5, 5.41) is 1.94. The number of hydrogen-bond donors (Lipinski definition) is 0. The average Bonchev–Trinajstić information content (AvgIpc) is 2.54. The van der Waals surface area contributed by atoms with Crippen LogP contribution in [-0.4, -0.2) is 29.1 Å². The lowest BCUT2D eigenvalue weighted by molar-refractivity contribution is 0.211. The van der Waals surface area contributed by atoms with Gasteiger partial charge in [-0.3, -0.25) is 4.79 Å². The maximum atomic E-state index is 11.7. The summed E-state index contributed by atoms with van der Waals surface area (Å²) in [6.45, 7) is 15.0. The normalized spacial score (nSPS) is 12.0. The highest BCUT2D eigenvalue weighted by molar-refractivity contribution is 7.07. The minimum Gasteiger partial charge on any atom is -0.302 e. The number of rotatable bonds is 7.